The van der Waals surface area contributed by atoms with Gasteiger partial charge in [0.1, 0.15) is 23.8 Å². The zero-order chi connectivity index (χ0) is 26.1. The molecule has 3 rings (SSSR count). The molecule has 36 heavy (non-hydrogen) atoms. The van der Waals surface area contributed by atoms with Gasteiger partial charge in [0.25, 0.3) is 0 Å². The van der Waals surface area contributed by atoms with Gasteiger partial charge in [-0.15, -0.1) is 0 Å². The van der Waals surface area contributed by atoms with E-state index < -0.39 is 30.0 Å². The van der Waals surface area contributed by atoms with Crippen molar-refractivity contribution in [1.29, 1.82) is 0 Å². The third kappa shape index (κ3) is 7.27. The van der Waals surface area contributed by atoms with E-state index in [1.165, 1.54) is 11.0 Å². The third-order valence-corrected chi connectivity index (χ3v) is 6.97. The monoisotopic (exact) mass is 610 g/mol. The average molecular weight is 610 g/mol. The van der Waals surface area contributed by atoms with Crippen molar-refractivity contribution in [3.63, 3.8) is 0 Å². The van der Waals surface area contributed by atoms with Crippen molar-refractivity contribution in [2.45, 2.75) is 57.4 Å². The minimum Gasteiger partial charge on any atom is -0.482 e. The molecule has 3 unspecified atom stereocenters. The molecule has 9 heteroatoms. The molecule has 3 atom stereocenters. The summed E-state index contributed by atoms with van der Waals surface area (Å²) in [6, 6.07) is 12.7. The Morgan fingerprint density at radius 1 is 1.19 bits per heavy atom. The number of para-hydroxylation sites is 1. The molecule has 0 saturated heterocycles. The van der Waals surface area contributed by atoms with E-state index in [-0.39, 0.29) is 38.4 Å². The Hall–Kier alpha value is -2.50. The van der Waals surface area contributed by atoms with E-state index in [0.717, 1.165) is 9.99 Å². The van der Waals surface area contributed by atoms with E-state index in [2.05, 4.69) is 27.9 Å². The minimum atomic E-state index is -1.16. The average Bonchev–Trinajstić information content (AvgIpc) is 2.88. The van der Waals surface area contributed by atoms with Crippen molar-refractivity contribution in [2.75, 3.05) is 13.2 Å². The summed E-state index contributed by atoms with van der Waals surface area (Å²) in [5, 5.41) is 23.2. The highest BCUT2D eigenvalue weighted by Crippen LogP contribution is 2.31. The quantitative estimate of drug-likeness (QED) is 0.338. The summed E-state index contributed by atoms with van der Waals surface area (Å²) in [5.41, 5.74) is 0.655. The Morgan fingerprint density at radius 3 is 2.61 bits per heavy atom. The lowest BCUT2D eigenvalue weighted by atomic mass is 9.87. The summed E-state index contributed by atoms with van der Waals surface area (Å²) in [6.45, 7) is 1.78. The number of carbonyl (C=O) groups excluding carboxylic acids is 2. The molecular formula is C27H32FIN2O5. The Labute approximate surface area is 224 Å². The lowest BCUT2D eigenvalue weighted by Gasteiger charge is -2.40. The third-order valence-electron chi connectivity index (χ3n) is 6.08. The molecule has 2 aromatic carbocycles. The molecule has 1 aliphatic carbocycles. The number of aliphatic hydroxyl groups excluding tert-OH is 2. The Balaban J connectivity index is 1.98. The van der Waals surface area contributed by atoms with Crippen molar-refractivity contribution in [2.24, 2.45) is 0 Å². The van der Waals surface area contributed by atoms with Crippen LogP contribution in [0.3, 0.4) is 0 Å². The number of carbonyl (C=O) groups is 2. The first-order valence-electron chi connectivity index (χ1n) is 12.1. The van der Waals surface area contributed by atoms with Crippen molar-refractivity contribution in [3.8, 4) is 5.75 Å². The molecule has 0 radical (unpaired) electrons. The van der Waals surface area contributed by atoms with Crippen LogP contribution in [-0.4, -0.2) is 58.3 Å². The zero-order valence-corrected chi connectivity index (χ0v) is 22.4. The molecule has 0 spiro atoms. The highest BCUT2D eigenvalue weighted by Gasteiger charge is 2.40. The van der Waals surface area contributed by atoms with Crippen molar-refractivity contribution < 1.29 is 28.9 Å². The Kier molecular flexibility index (Phi) is 10.7. The Bertz CT molecular complexity index is 1080. The largest absolute Gasteiger partial charge is 0.482 e. The number of benzene rings is 2. The van der Waals surface area contributed by atoms with Crippen LogP contribution in [0, 0.1) is 9.39 Å². The van der Waals surface area contributed by atoms with Gasteiger partial charge in [0.15, 0.2) is 0 Å². The SMILES string of the molecule is CCCCC(=O)N(Cc1ccccc1F)C1CC(C(=O)NCCO)=CC(Oc2ccccc2I)C1O. The van der Waals surface area contributed by atoms with Gasteiger partial charge in [-0.25, -0.2) is 4.39 Å². The lowest BCUT2D eigenvalue weighted by Crippen LogP contribution is -2.54. The number of rotatable bonds is 11. The van der Waals surface area contributed by atoms with Gasteiger partial charge >= 0.3 is 0 Å². The predicted octanol–water partition coefficient (Wildman–Crippen LogP) is 3.56. The first kappa shape index (κ1) is 28.1. The first-order valence-corrected chi connectivity index (χ1v) is 13.2. The Morgan fingerprint density at radius 2 is 1.92 bits per heavy atom. The zero-order valence-electron chi connectivity index (χ0n) is 20.2. The molecule has 2 amide bonds. The number of unbranched alkanes of at least 4 members (excludes halogenated alkanes) is 1. The van der Waals surface area contributed by atoms with Gasteiger partial charge in [0.05, 0.1) is 16.2 Å². The second kappa shape index (κ2) is 13.7. The van der Waals surface area contributed by atoms with Crippen LogP contribution in [0.1, 0.15) is 38.2 Å². The van der Waals surface area contributed by atoms with Crippen LogP contribution in [0.5, 0.6) is 5.75 Å². The number of amides is 2. The lowest BCUT2D eigenvalue weighted by molar-refractivity contribution is -0.139. The number of hydrogen-bond donors (Lipinski definition) is 3. The van der Waals surface area contributed by atoms with Crippen LogP contribution in [0.15, 0.2) is 60.2 Å². The maximum atomic E-state index is 14.6. The molecule has 0 aromatic heterocycles. The van der Waals surface area contributed by atoms with E-state index in [9.17, 15) is 19.1 Å². The first-order chi connectivity index (χ1) is 17.3. The number of ether oxygens (including phenoxy) is 1. The smallest absolute Gasteiger partial charge is 0.247 e. The highest BCUT2D eigenvalue weighted by atomic mass is 127. The van der Waals surface area contributed by atoms with Gasteiger partial charge in [-0.05, 0) is 53.3 Å². The minimum absolute atomic E-state index is 0.0436. The van der Waals surface area contributed by atoms with Crippen LogP contribution in [-0.2, 0) is 16.1 Å². The van der Waals surface area contributed by atoms with Crippen LogP contribution in [0.2, 0.25) is 0 Å². The van der Waals surface area contributed by atoms with Gasteiger partial charge in [0.2, 0.25) is 11.8 Å². The predicted molar refractivity (Wildman–Crippen MR) is 143 cm³/mol. The summed E-state index contributed by atoms with van der Waals surface area (Å²) < 4.78 is 21.5. The summed E-state index contributed by atoms with van der Waals surface area (Å²) in [5.74, 6) is -0.551. The summed E-state index contributed by atoms with van der Waals surface area (Å²) >= 11 is 2.12. The van der Waals surface area contributed by atoms with E-state index in [4.69, 9.17) is 9.84 Å². The van der Waals surface area contributed by atoms with Crippen LogP contribution in [0.25, 0.3) is 0 Å². The second-order valence-electron chi connectivity index (χ2n) is 8.66. The van der Waals surface area contributed by atoms with E-state index >= 15 is 0 Å². The second-order valence-corrected chi connectivity index (χ2v) is 9.83. The molecule has 0 bridgehead atoms. The topological polar surface area (TPSA) is 99.1 Å². The highest BCUT2D eigenvalue weighted by molar-refractivity contribution is 14.1. The fraction of sp³-hybridized carbons (Fsp3) is 0.407. The van der Waals surface area contributed by atoms with Crippen molar-refractivity contribution >= 4 is 34.4 Å². The van der Waals surface area contributed by atoms with E-state index in [1.807, 2.05) is 25.1 Å². The fourth-order valence-electron chi connectivity index (χ4n) is 4.14. The number of nitrogens with zero attached hydrogens (tertiary/aromatic N) is 1. The van der Waals surface area contributed by atoms with Gasteiger partial charge < -0.3 is 25.2 Å². The number of hydrogen-bond acceptors (Lipinski definition) is 5. The van der Waals surface area contributed by atoms with Crippen molar-refractivity contribution in [1.82, 2.24) is 10.2 Å². The summed E-state index contributed by atoms with van der Waals surface area (Å²) in [4.78, 5) is 27.7. The maximum absolute atomic E-state index is 14.6. The standard InChI is InChI=1S/C27H32FIN2O5/c1-2-3-12-25(33)31(17-18-8-4-5-9-20(18)28)22-15-19(27(35)30-13-14-32)16-24(26(22)34)36-23-11-7-6-10-21(23)29/h4-11,16,22,24,26,32,34H,2-3,12-15,17H2,1H3,(H,30,35). The van der Waals surface area contributed by atoms with Crippen LogP contribution in [0.4, 0.5) is 4.39 Å². The molecule has 1 aliphatic rings. The molecule has 0 aliphatic heterocycles. The summed E-state index contributed by atoms with van der Waals surface area (Å²) in [7, 11) is 0. The molecule has 3 N–H and O–H groups in total. The van der Waals surface area contributed by atoms with E-state index in [0.29, 0.717) is 23.3 Å². The molecule has 7 nitrogen and oxygen atoms in total. The molecule has 0 saturated carbocycles. The fourth-order valence-corrected chi connectivity index (χ4v) is 4.65. The number of halogens is 2. The summed E-state index contributed by atoms with van der Waals surface area (Å²) in [6.07, 6.45) is 1.25. The van der Waals surface area contributed by atoms with E-state index in [1.54, 1.807) is 30.3 Å². The molecule has 0 heterocycles. The van der Waals surface area contributed by atoms with Gasteiger partial charge in [0, 0.05) is 37.1 Å². The number of nitrogens with one attached hydrogen (secondary N) is 1. The van der Waals surface area contributed by atoms with Crippen LogP contribution >= 0.6 is 22.6 Å². The van der Waals surface area contributed by atoms with Gasteiger partial charge in [-0.3, -0.25) is 9.59 Å². The maximum Gasteiger partial charge on any atom is 0.247 e. The normalized spacial score (nSPS) is 19.4. The molecule has 194 valence electrons. The van der Waals surface area contributed by atoms with Crippen molar-refractivity contribution in [3.05, 3.63) is 75.1 Å². The van der Waals surface area contributed by atoms with Gasteiger partial charge in [-0.2, -0.15) is 0 Å². The number of aliphatic hydroxyl groups is 2. The molecule has 0 fully saturated rings. The molecule has 2 aromatic rings. The van der Waals surface area contributed by atoms with Gasteiger partial charge in [-0.1, -0.05) is 43.7 Å². The van der Waals surface area contributed by atoms with Crippen LogP contribution < -0.4 is 10.1 Å². The molecular weight excluding hydrogens is 578 g/mol.